The van der Waals surface area contributed by atoms with Crippen molar-refractivity contribution >= 4 is 41.1 Å². The zero-order valence-electron chi connectivity index (χ0n) is 37.1. The van der Waals surface area contributed by atoms with E-state index in [4.69, 9.17) is 19.7 Å². The summed E-state index contributed by atoms with van der Waals surface area (Å²) in [6.45, 7) is 8.96. The highest BCUT2D eigenvalue weighted by molar-refractivity contribution is 5.98. The number of alkyl carbamates (subject to hydrolysis) is 1. The minimum absolute atomic E-state index is 0.0842. The molecule has 1 saturated heterocycles. The number of ketones is 1. The summed E-state index contributed by atoms with van der Waals surface area (Å²) in [4.78, 5) is 55.0. The number of aryl methyl sites for hydroxylation is 1. The quantitative estimate of drug-likeness (QED) is 0.0408. The molecule has 1 unspecified atom stereocenters. The number of amides is 3. The number of carbonyl (C=O) groups excluding carboxylic acids is 4. The summed E-state index contributed by atoms with van der Waals surface area (Å²) < 4.78 is 46.6. The summed E-state index contributed by atoms with van der Waals surface area (Å²) in [7, 11) is 1.96. The second-order valence-electron chi connectivity index (χ2n) is 13.3. The van der Waals surface area contributed by atoms with E-state index < -0.39 is 41.5 Å². The van der Waals surface area contributed by atoms with Gasteiger partial charge in [0, 0.05) is 6.54 Å². The maximum Gasteiger partial charge on any atom is 0.416 e. The highest BCUT2D eigenvalue weighted by atomic mass is 19.4. The fourth-order valence-electron chi connectivity index (χ4n) is 5.52. The molecule has 0 aliphatic carbocycles. The summed E-state index contributed by atoms with van der Waals surface area (Å²) in [5.41, 5.74) is 7.21. The molecule has 1 atom stereocenters. The molecule has 2 heterocycles. The van der Waals surface area contributed by atoms with Gasteiger partial charge in [-0.25, -0.2) is 9.78 Å². The van der Waals surface area contributed by atoms with Gasteiger partial charge in [0.1, 0.15) is 24.7 Å². The summed E-state index contributed by atoms with van der Waals surface area (Å²) >= 11 is 0. The Morgan fingerprint density at radius 1 is 0.891 bits per heavy atom. The number of oxazole rings is 1. The molecule has 1 aliphatic heterocycles. The number of benzene rings is 4. The van der Waals surface area contributed by atoms with Crippen molar-refractivity contribution in [3.63, 3.8) is 0 Å². The molecular weight excluding hydrogens is 832 g/mol. The maximum absolute atomic E-state index is 12.6. The van der Waals surface area contributed by atoms with E-state index in [0.29, 0.717) is 30.5 Å². The molecule has 0 spiro atoms. The molecule has 1 fully saturated rings. The molecule has 4 aromatic carbocycles. The Kier molecular flexibility index (Phi) is 27.8. The molecule has 6 rings (SSSR count). The first-order valence-corrected chi connectivity index (χ1v) is 20.9. The number of rotatable bonds is 12. The van der Waals surface area contributed by atoms with Crippen LogP contribution in [0.25, 0.3) is 11.1 Å². The molecule has 3 amide bonds. The van der Waals surface area contributed by atoms with Crippen molar-refractivity contribution in [2.75, 3.05) is 33.2 Å². The van der Waals surface area contributed by atoms with Gasteiger partial charge >= 0.3 is 12.3 Å². The number of hydrogen-bond acceptors (Lipinski definition) is 10. The summed E-state index contributed by atoms with van der Waals surface area (Å²) in [5.74, 6) is -1.40. The number of nitrogens with one attached hydrogen (secondary N) is 4. The second kappa shape index (κ2) is 32.1. The lowest BCUT2D eigenvalue weighted by Crippen LogP contribution is -2.49. The van der Waals surface area contributed by atoms with Gasteiger partial charge in [0.05, 0.1) is 25.1 Å². The van der Waals surface area contributed by atoms with E-state index in [1.807, 2.05) is 57.3 Å². The number of hydrogen-bond donors (Lipinski definition) is 6. The lowest BCUT2D eigenvalue weighted by molar-refractivity contribution is -0.137. The van der Waals surface area contributed by atoms with Crippen LogP contribution in [-0.2, 0) is 40.1 Å². The fourth-order valence-corrected chi connectivity index (χ4v) is 5.52. The fraction of sp³-hybridized carbons (Fsp3) is 0.362. The van der Waals surface area contributed by atoms with E-state index in [1.165, 1.54) is 29.0 Å². The predicted octanol–water partition coefficient (Wildman–Crippen LogP) is 7.68. The number of carbonyl (C=O) groups is 4. The largest absolute Gasteiger partial charge is 0.445 e. The third-order valence-corrected chi connectivity index (χ3v) is 8.62. The van der Waals surface area contributed by atoms with Gasteiger partial charge in [-0.3, -0.25) is 19.8 Å². The number of aromatic nitrogens is 1. The van der Waals surface area contributed by atoms with Gasteiger partial charge in [0.25, 0.3) is 5.89 Å². The minimum atomic E-state index is -4.33. The van der Waals surface area contributed by atoms with Crippen molar-refractivity contribution in [3.05, 3.63) is 137 Å². The molecule has 14 nitrogen and oxygen atoms in total. The van der Waals surface area contributed by atoms with E-state index >= 15 is 0 Å². The van der Waals surface area contributed by atoms with E-state index in [-0.39, 0.29) is 37.8 Å². The number of ether oxygens (including phenoxy) is 1. The molecule has 348 valence electrons. The molecule has 0 saturated carbocycles. The van der Waals surface area contributed by atoms with Crippen LogP contribution in [0.15, 0.2) is 114 Å². The number of aliphatic hydroxyl groups excluding tert-OH is 1. The number of nitrogens with two attached hydrogens (primary N) is 1. The highest BCUT2D eigenvalue weighted by Gasteiger charge is 2.34. The molecular formula is C47H62F3N7O7. The van der Waals surface area contributed by atoms with Crippen LogP contribution in [0.3, 0.4) is 0 Å². The summed E-state index contributed by atoms with van der Waals surface area (Å²) in [6.07, 6.45) is -0.821. The van der Waals surface area contributed by atoms with Crippen LogP contribution in [-0.4, -0.2) is 84.3 Å². The standard InChI is InChI=1S/C24H24N4O6.C8H7F3O.C8H10.C4H11N.C2H6.CH4N2/c29-19(23-27-17-9-4-5-11-20(17)34-23)13-25-22(31)18-10-6-12-28(18)21(30)14-26-24(32)33-15-16-7-2-1-3-8-16;9-8(10,11)7-3-1-2-6(4-7)5-12;1-2-8-6-4-3-5-7-8;1-3-4-5-2;1-2;2-1-3/h1-5,7-9,11,18H,6,10,12-15H2,(H,25,31)(H,26,32);1-4,12H,5H2;3-7H,2H2,1H3;5H,3-4H2,1-2H3;1-2H3;1H,(H3,2,3). The number of fused-ring (bicyclic) bond motifs is 1. The molecule has 5 aromatic rings. The third kappa shape index (κ3) is 21.5. The van der Waals surface area contributed by atoms with Crippen LogP contribution in [0, 0.1) is 5.41 Å². The number of halogens is 3. The van der Waals surface area contributed by atoms with Crippen molar-refractivity contribution in [1.82, 2.24) is 25.8 Å². The van der Waals surface area contributed by atoms with Gasteiger partial charge in [-0.05, 0) is 80.2 Å². The number of likely N-dealkylation sites (tertiary alicyclic amines) is 1. The Labute approximate surface area is 373 Å². The van der Waals surface area contributed by atoms with E-state index in [0.717, 1.165) is 37.0 Å². The average Bonchev–Trinajstić information content (AvgIpc) is 4.00. The molecule has 0 radical (unpaired) electrons. The minimum Gasteiger partial charge on any atom is -0.445 e. The maximum atomic E-state index is 12.6. The third-order valence-electron chi connectivity index (χ3n) is 8.62. The van der Waals surface area contributed by atoms with E-state index in [9.17, 15) is 32.3 Å². The van der Waals surface area contributed by atoms with Crippen molar-refractivity contribution < 1.29 is 46.6 Å². The molecule has 0 bridgehead atoms. The monoisotopic (exact) mass is 893 g/mol. The first kappa shape index (κ1) is 55.4. The predicted molar refractivity (Wildman–Crippen MR) is 242 cm³/mol. The van der Waals surface area contributed by atoms with Crippen LogP contribution in [0.4, 0.5) is 18.0 Å². The van der Waals surface area contributed by atoms with Gasteiger partial charge < -0.3 is 40.8 Å². The Morgan fingerprint density at radius 3 is 2.02 bits per heavy atom. The smallest absolute Gasteiger partial charge is 0.416 e. The van der Waals surface area contributed by atoms with E-state index in [2.05, 4.69) is 64.8 Å². The molecule has 1 aliphatic rings. The SMILES string of the molecule is CC.CCCNC.CCc1ccccc1.N=CN.O=C(NCC(=O)N1CCCC1C(=O)NCC(=O)c1nc2ccccc2o1)OCc1ccccc1.OCc1cccc(C(F)(F)F)c1. The molecule has 7 N–H and O–H groups in total. The lowest BCUT2D eigenvalue weighted by Gasteiger charge is -2.23. The van der Waals surface area contributed by atoms with Crippen LogP contribution in [0.2, 0.25) is 0 Å². The highest BCUT2D eigenvalue weighted by Crippen LogP contribution is 2.29. The lowest BCUT2D eigenvalue weighted by atomic mass is 10.1. The zero-order valence-corrected chi connectivity index (χ0v) is 37.1. The van der Waals surface area contributed by atoms with Crippen LogP contribution >= 0.6 is 0 Å². The molecule has 1 aromatic heterocycles. The van der Waals surface area contributed by atoms with Crippen molar-refractivity contribution in [2.45, 2.75) is 78.8 Å². The van der Waals surface area contributed by atoms with Crippen molar-refractivity contribution in [1.29, 1.82) is 5.41 Å². The van der Waals surface area contributed by atoms with Crippen LogP contribution < -0.4 is 21.7 Å². The molecule has 17 heteroatoms. The first-order valence-electron chi connectivity index (χ1n) is 20.9. The van der Waals surface area contributed by atoms with Crippen molar-refractivity contribution in [3.8, 4) is 0 Å². The van der Waals surface area contributed by atoms with Gasteiger partial charge in [-0.2, -0.15) is 13.2 Å². The second-order valence-corrected chi connectivity index (χ2v) is 13.3. The van der Waals surface area contributed by atoms with Crippen LogP contribution in [0.5, 0.6) is 0 Å². The number of para-hydroxylation sites is 2. The van der Waals surface area contributed by atoms with Crippen molar-refractivity contribution in [2.24, 2.45) is 5.73 Å². The van der Waals surface area contributed by atoms with Gasteiger partial charge in [-0.15, -0.1) is 0 Å². The van der Waals surface area contributed by atoms with Gasteiger partial charge in [-0.1, -0.05) is 113 Å². The Hall–Kier alpha value is -6.59. The number of nitrogens with zero attached hydrogens (tertiary/aromatic N) is 2. The first-order chi connectivity index (χ1) is 30.8. The van der Waals surface area contributed by atoms with Gasteiger partial charge in [0.15, 0.2) is 5.58 Å². The number of Topliss-reactive ketones (excluding diaryl/α,β-unsaturated/α-hetero) is 1. The van der Waals surface area contributed by atoms with Crippen LogP contribution in [0.1, 0.15) is 79.9 Å². The molecule has 64 heavy (non-hydrogen) atoms. The number of alkyl halides is 3. The zero-order chi connectivity index (χ0) is 47.8. The van der Waals surface area contributed by atoms with E-state index in [1.54, 1.807) is 24.3 Å². The Bertz CT molecular complexity index is 2050. The summed E-state index contributed by atoms with van der Waals surface area (Å²) in [6, 6.07) is 30.5. The Balaban J connectivity index is 0.000000552. The normalized spacial score (nSPS) is 12.3. The Morgan fingerprint density at radius 2 is 1.48 bits per heavy atom. The topological polar surface area (TPSA) is 213 Å². The average molecular weight is 894 g/mol. The van der Waals surface area contributed by atoms with Gasteiger partial charge in [0.2, 0.25) is 17.6 Å². The summed E-state index contributed by atoms with van der Waals surface area (Å²) in [5, 5.41) is 22.4. The number of aliphatic hydroxyl groups is 1.